The minimum atomic E-state index is -0.551. The van der Waals surface area contributed by atoms with E-state index in [4.69, 9.17) is 9.84 Å². The fourth-order valence-corrected chi connectivity index (χ4v) is 0.655. The smallest absolute Gasteiger partial charge is 0.308 e. The van der Waals surface area contributed by atoms with Crippen molar-refractivity contribution in [3.63, 3.8) is 0 Å². The first-order valence-corrected chi connectivity index (χ1v) is 4.40. The molecule has 0 saturated heterocycles. The molecule has 0 aliphatic carbocycles. The van der Waals surface area contributed by atoms with Crippen LogP contribution in [0.25, 0.3) is 0 Å². The first-order chi connectivity index (χ1) is 5.56. The number of esters is 1. The highest BCUT2D eigenvalue weighted by atomic mass is 16.5. The Labute approximate surface area is 73.7 Å². The predicted octanol–water partition coefficient (Wildman–Crippen LogP) is 1.35. The highest BCUT2D eigenvalue weighted by Crippen LogP contribution is 2.00. The molecule has 0 bridgehead atoms. The van der Waals surface area contributed by atoms with Crippen LogP contribution in [-0.4, -0.2) is 23.8 Å². The van der Waals surface area contributed by atoms with E-state index in [2.05, 4.69) is 0 Å². The summed E-state index contributed by atoms with van der Waals surface area (Å²) < 4.78 is 4.88. The Balaban J connectivity index is 3.46. The van der Waals surface area contributed by atoms with Crippen molar-refractivity contribution in [2.24, 2.45) is 5.92 Å². The van der Waals surface area contributed by atoms with Crippen molar-refractivity contribution < 1.29 is 14.6 Å². The Morgan fingerprint density at radius 3 is 2.50 bits per heavy atom. The molecule has 72 valence electrons. The maximum Gasteiger partial charge on any atom is 0.308 e. The molecule has 12 heavy (non-hydrogen) atoms. The number of carbonyl (C=O) groups excluding carboxylic acids is 1. The summed E-state index contributed by atoms with van der Waals surface area (Å²) in [5, 5.41) is 9.09. The second-order valence-corrected chi connectivity index (χ2v) is 3.34. The summed E-state index contributed by atoms with van der Waals surface area (Å²) in [5.74, 6) is 0.0470. The highest BCUT2D eigenvalue weighted by molar-refractivity contribution is 5.69. The number of ether oxygens (including phenoxy) is 1. The van der Waals surface area contributed by atoms with Crippen LogP contribution < -0.4 is 0 Å². The maximum absolute atomic E-state index is 10.9. The molecule has 0 saturated carbocycles. The van der Waals surface area contributed by atoms with Gasteiger partial charge >= 0.3 is 5.97 Å². The molecule has 1 N–H and O–H groups in total. The standard InChI is InChI=1S/C9H18O3/c1-4-8(10)5-9(11)12-6-7(2)3/h7-8,10H,4-6H2,1-3H3. The summed E-state index contributed by atoms with van der Waals surface area (Å²) in [5.41, 5.74) is 0. The zero-order valence-corrected chi connectivity index (χ0v) is 8.04. The Morgan fingerprint density at radius 1 is 1.50 bits per heavy atom. The SMILES string of the molecule is CCC(O)CC(=O)OCC(C)C. The maximum atomic E-state index is 10.9. The molecular formula is C9H18O3. The molecule has 0 aliphatic rings. The van der Waals surface area contributed by atoms with E-state index in [9.17, 15) is 4.79 Å². The zero-order valence-electron chi connectivity index (χ0n) is 8.04. The van der Waals surface area contributed by atoms with Crippen LogP contribution in [-0.2, 0) is 9.53 Å². The summed E-state index contributed by atoms with van der Waals surface area (Å²) in [6.07, 6.45) is 0.157. The number of aliphatic hydroxyl groups is 1. The van der Waals surface area contributed by atoms with Crippen LogP contribution in [0.5, 0.6) is 0 Å². The van der Waals surface area contributed by atoms with Crippen molar-refractivity contribution in [1.29, 1.82) is 0 Å². The van der Waals surface area contributed by atoms with Crippen LogP contribution in [0.2, 0.25) is 0 Å². The summed E-state index contributed by atoms with van der Waals surface area (Å²) >= 11 is 0. The van der Waals surface area contributed by atoms with E-state index in [-0.39, 0.29) is 12.4 Å². The van der Waals surface area contributed by atoms with Crippen molar-refractivity contribution in [2.75, 3.05) is 6.61 Å². The van der Waals surface area contributed by atoms with Gasteiger partial charge in [0.05, 0.1) is 19.1 Å². The van der Waals surface area contributed by atoms with Crippen LogP contribution in [0.15, 0.2) is 0 Å². The fourth-order valence-electron chi connectivity index (χ4n) is 0.655. The summed E-state index contributed by atoms with van der Waals surface area (Å²) in [6.45, 7) is 6.22. The molecule has 3 nitrogen and oxygen atoms in total. The third-order valence-electron chi connectivity index (χ3n) is 1.45. The van der Waals surface area contributed by atoms with E-state index in [1.807, 2.05) is 20.8 Å². The molecule has 3 heteroatoms. The average molecular weight is 174 g/mol. The molecule has 0 aromatic carbocycles. The first-order valence-electron chi connectivity index (χ1n) is 4.40. The molecule has 0 amide bonds. The summed E-state index contributed by atoms with van der Waals surface area (Å²) in [7, 11) is 0. The molecule has 0 rings (SSSR count). The third-order valence-corrected chi connectivity index (χ3v) is 1.45. The lowest BCUT2D eigenvalue weighted by atomic mass is 10.2. The van der Waals surface area contributed by atoms with Crippen LogP contribution in [0.1, 0.15) is 33.6 Å². The average Bonchev–Trinajstić information content (AvgIpc) is 2.00. The molecule has 0 fully saturated rings. The number of carbonyl (C=O) groups is 1. The number of hydrogen-bond donors (Lipinski definition) is 1. The summed E-state index contributed by atoms with van der Waals surface area (Å²) in [6, 6.07) is 0. The molecule has 1 unspecified atom stereocenters. The van der Waals surface area contributed by atoms with Crippen LogP contribution in [0, 0.1) is 5.92 Å². The van der Waals surface area contributed by atoms with Crippen molar-refractivity contribution in [2.45, 2.75) is 39.7 Å². The van der Waals surface area contributed by atoms with Crippen LogP contribution in [0.4, 0.5) is 0 Å². The minimum Gasteiger partial charge on any atom is -0.465 e. The molecule has 0 heterocycles. The molecule has 0 radical (unpaired) electrons. The summed E-state index contributed by atoms with van der Waals surface area (Å²) in [4.78, 5) is 10.9. The predicted molar refractivity (Wildman–Crippen MR) is 46.7 cm³/mol. The van der Waals surface area contributed by atoms with Gasteiger partial charge in [-0.25, -0.2) is 0 Å². The largest absolute Gasteiger partial charge is 0.465 e. The van der Waals surface area contributed by atoms with Gasteiger partial charge in [-0.2, -0.15) is 0 Å². The number of aliphatic hydroxyl groups excluding tert-OH is 1. The van der Waals surface area contributed by atoms with Gasteiger partial charge in [-0.1, -0.05) is 20.8 Å². The molecule has 0 aliphatic heterocycles. The van der Waals surface area contributed by atoms with Gasteiger partial charge in [0, 0.05) is 0 Å². The Morgan fingerprint density at radius 2 is 2.08 bits per heavy atom. The number of rotatable bonds is 5. The molecule has 1 atom stereocenters. The highest BCUT2D eigenvalue weighted by Gasteiger charge is 2.09. The Kier molecular flexibility index (Phi) is 5.72. The van der Waals surface area contributed by atoms with Gasteiger partial charge in [-0.05, 0) is 12.3 Å². The lowest BCUT2D eigenvalue weighted by Crippen LogP contribution is -2.16. The fraction of sp³-hybridized carbons (Fsp3) is 0.889. The van der Waals surface area contributed by atoms with Gasteiger partial charge in [0.15, 0.2) is 0 Å². The van der Waals surface area contributed by atoms with Gasteiger partial charge in [0.2, 0.25) is 0 Å². The lowest BCUT2D eigenvalue weighted by molar-refractivity contribution is -0.146. The van der Waals surface area contributed by atoms with Gasteiger partial charge in [0.25, 0.3) is 0 Å². The lowest BCUT2D eigenvalue weighted by Gasteiger charge is -2.09. The van der Waals surface area contributed by atoms with E-state index in [0.717, 1.165) is 0 Å². The monoisotopic (exact) mass is 174 g/mol. The van der Waals surface area contributed by atoms with Crippen molar-refractivity contribution in [3.8, 4) is 0 Å². The molecule has 0 aromatic rings. The van der Waals surface area contributed by atoms with Crippen LogP contribution in [0.3, 0.4) is 0 Å². The van der Waals surface area contributed by atoms with E-state index < -0.39 is 6.10 Å². The van der Waals surface area contributed by atoms with Crippen molar-refractivity contribution in [3.05, 3.63) is 0 Å². The van der Waals surface area contributed by atoms with Gasteiger partial charge in [0.1, 0.15) is 0 Å². The Bertz CT molecular complexity index is 132. The van der Waals surface area contributed by atoms with E-state index in [1.165, 1.54) is 0 Å². The van der Waals surface area contributed by atoms with E-state index >= 15 is 0 Å². The molecular weight excluding hydrogens is 156 g/mol. The topological polar surface area (TPSA) is 46.5 Å². The van der Waals surface area contributed by atoms with Crippen LogP contribution >= 0.6 is 0 Å². The zero-order chi connectivity index (χ0) is 9.56. The van der Waals surface area contributed by atoms with Gasteiger partial charge in [-0.3, -0.25) is 4.79 Å². The Hall–Kier alpha value is -0.570. The molecule has 0 aromatic heterocycles. The normalized spacial score (nSPS) is 13.1. The quantitative estimate of drug-likeness (QED) is 0.640. The second-order valence-electron chi connectivity index (χ2n) is 3.34. The van der Waals surface area contributed by atoms with E-state index in [0.29, 0.717) is 18.9 Å². The second kappa shape index (κ2) is 6.00. The first kappa shape index (κ1) is 11.4. The minimum absolute atomic E-state index is 0.114. The van der Waals surface area contributed by atoms with E-state index in [1.54, 1.807) is 0 Å². The van der Waals surface area contributed by atoms with Gasteiger partial charge < -0.3 is 9.84 Å². The van der Waals surface area contributed by atoms with Crippen molar-refractivity contribution in [1.82, 2.24) is 0 Å². The van der Waals surface area contributed by atoms with Gasteiger partial charge in [-0.15, -0.1) is 0 Å². The third kappa shape index (κ3) is 6.16. The number of hydrogen-bond acceptors (Lipinski definition) is 3. The molecule has 0 spiro atoms. The van der Waals surface area contributed by atoms with Crippen molar-refractivity contribution >= 4 is 5.97 Å².